The third-order valence-electron chi connectivity index (χ3n) is 0.192. The molecule has 0 rings (SSSR count). The summed E-state index contributed by atoms with van der Waals surface area (Å²) < 4.78 is 23.5. The van der Waals surface area contributed by atoms with Crippen molar-refractivity contribution in [2.24, 2.45) is 0 Å². The van der Waals surface area contributed by atoms with E-state index in [9.17, 15) is 8.42 Å². The normalized spacial score (nSPS) is 10.2. The molecule has 0 N–H and O–H groups in total. The molecule has 0 atom stereocenters. The third-order valence-corrected chi connectivity index (χ3v) is 0.575. The van der Waals surface area contributed by atoms with Gasteiger partial charge in [-0.15, -0.1) is 4.33 Å². The summed E-state index contributed by atoms with van der Waals surface area (Å²) in [7, 11) is -2.27. The van der Waals surface area contributed by atoms with Crippen molar-refractivity contribution < 1.29 is 48.6 Å². The fourth-order valence-electron chi connectivity index (χ4n) is 0.124. The van der Waals surface area contributed by atoms with Crippen molar-refractivity contribution in [2.45, 2.75) is 0 Å². The van der Waals surface area contributed by atoms with Gasteiger partial charge in [0, 0.05) is 0 Å². The predicted molar refractivity (Wildman–Crippen MR) is 24.0 cm³/mol. The molecule has 46 valence electrons. The summed E-state index contributed by atoms with van der Waals surface area (Å²) in [6.07, 6.45) is 0.899. The molecule has 0 aromatic carbocycles. The van der Waals surface area contributed by atoms with Gasteiger partial charge in [0.25, 0.3) is 10.1 Å². The van der Waals surface area contributed by atoms with Crippen molar-refractivity contribution in [3.05, 3.63) is 0 Å². The van der Waals surface area contributed by atoms with E-state index in [0.29, 0.717) is 0 Å². The minimum absolute atomic E-state index is 0. The Labute approximate surface area is 72.0 Å². The first-order chi connectivity index (χ1) is 3.06. The van der Waals surface area contributed by atoms with Crippen LogP contribution in [-0.2, 0) is 19.3 Å². The van der Waals surface area contributed by atoms with Crippen LogP contribution in [0.5, 0.6) is 0 Å². The van der Waals surface area contributed by atoms with Gasteiger partial charge in [-0.3, -0.25) is 0 Å². The molecule has 0 spiro atoms. The van der Waals surface area contributed by atoms with Crippen LogP contribution in [0.1, 0.15) is 1.43 Å². The predicted octanol–water partition coefficient (Wildman–Crippen LogP) is -3.36. The van der Waals surface area contributed by atoms with E-state index < -0.39 is 10.1 Å². The van der Waals surface area contributed by atoms with E-state index in [1.165, 1.54) is 0 Å². The van der Waals surface area contributed by atoms with Crippen molar-refractivity contribution in [2.75, 3.05) is 13.4 Å². The van der Waals surface area contributed by atoms with Gasteiger partial charge in [-0.2, -0.15) is 8.42 Å². The Morgan fingerprint density at radius 2 is 1.88 bits per heavy atom. The molecule has 0 unspecified atom stereocenters. The van der Waals surface area contributed by atoms with E-state index in [2.05, 4.69) is 9.22 Å². The zero-order chi connectivity index (χ0) is 5.91. The number of hydrogen-bond acceptors (Lipinski definition) is 4. The van der Waals surface area contributed by atoms with Gasteiger partial charge in [-0.25, -0.2) is 4.89 Å². The Bertz CT molecular complexity index is 132. The van der Waals surface area contributed by atoms with E-state index in [0.717, 1.165) is 13.4 Å². The van der Waals surface area contributed by atoms with Gasteiger partial charge in [-0.1, -0.05) is 0 Å². The third kappa shape index (κ3) is 9.98. The van der Waals surface area contributed by atoms with Crippen LogP contribution >= 0.6 is 0 Å². The van der Waals surface area contributed by atoms with E-state index in [1.807, 2.05) is 0 Å². The number of rotatable bonds is 2. The van der Waals surface area contributed by atoms with Crippen LogP contribution in [0.4, 0.5) is 0 Å². The summed E-state index contributed by atoms with van der Waals surface area (Å²) in [5.74, 6) is 0. The summed E-state index contributed by atoms with van der Waals surface area (Å²) in [5, 5.41) is 0. The molecule has 0 amide bonds. The van der Waals surface area contributed by atoms with E-state index >= 15 is 0 Å². The number of hydrogen-bond donors (Lipinski definition) is 0. The molecule has 0 bridgehead atoms. The molecule has 0 aliphatic carbocycles. The standard InChI is InChI=1S/C2H6O4S.Na.H/c1-5-6-7(2,3)4;;/h1-2H3;;/q;+1;-1. The molecule has 6 heteroatoms. The molecule has 0 aromatic heterocycles. The second-order valence-corrected chi connectivity index (χ2v) is 2.48. The topological polar surface area (TPSA) is 52.6 Å². The zero-order valence-electron chi connectivity index (χ0n) is 6.04. The first-order valence-corrected chi connectivity index (χ1v) is 3.30. The maximum absolute atomic E-state index is 9.88. The molecular weight excluding hydrogens is 143 g/mol. The molecule has 0 aliphatic rings. The summed E-state index contributed by atoms with van der Waals surface area (Å²) >= 11 is 0. The molecular formula is C2H7NaO4S. The Balaban J connectivity index is -0.000000180. The van der Waals surface area contributed by atoms with Gasteiger partial charge in [0.05, 0.1) is 13.4 Å². The smallest absolute Gasteiger partial charge is 1.00 e. The monoisotopic (exact) mass is 150 g/mol. The summed E-state index contributed by atoms with van der Waals surface area (Å²) in [4.78, 5) is 3.82. The van der Waals surface area contributed by atoms with Crippen molar-refractivity contribution >= 4 is 10.1 Å². The van der Waals surface area contributed by atoms with E-state index in [-0.39, 0.29) is 31.0 Å². The van der Waals surface area contributed by atoms with Crippen LogP contribution in [0.3, 0.4) is 0 Å². The fourth-order valence-corrected chi connectivity index (χ4v) is 0.371. The molecule has 0 saturated carbocycles. The van der Waals surface area contributed by atoms with Crippen LogP contribution in [0.15, 0.2) is 0 Å². The molecule has 8 heavy (non-hydrogen) atoms. The molecule has 0 saturated heterocycles. The molecule has 0 radical (unpaired) electrons. The van der Waals surface area contributed by atoms with Crippen molar-refractivity contribution in [1.82, 2.24) is 0 Å². The summed E-state index contributed by atoms with van der Waals surface area (Å²) in [6.45, 7) is 0. The van der Waals surface area contributed by atoms with Gasteiger partial charge in [0.15, 0.2) is 0 Å². The molecule has 0 aliphatic heterocycles. The molecule has 0 aromatic rings. The van der Waals surface area contributed by atoms with Crippen LogP contribution in [0.25, 0.3) is 0 Å². The van der Waals surface area contributed by atoms with Gasteiger partial charge in [0.2, 0.25) is 0 Å². The summed E-state index contributed by atoms with van der Waals surface area (Å²) in [5.41, 5.74) is 0. The average molecular weight is 150 g/mol. The minimum Gasteiger partial charge on any atom is -1.00 e. The SMILES string of the molecule is COOS(C)(=O)=O.[H-].[Na+]. The van der Waals surface area contributed by atoms with Crippen molar-refractivity contribution in [3.63, 3.8) is 0 Å². The van der Waals surface area contributed by atoms with Gasteiger partial charge < -0.3 is 1.43 Å². The van der Waals surface area contributed by atoms with Gasteiger partial charge in [0.1, 0.15) is 0 Å². The first kappa shape index (κ1) is 11.6. The van der Waals surface area contributed by atoms with Crippen LogP contribution < -0.4 is 29.6 Å². The van der Waals surface area contributed by atoms with Crippen molar-refractivity contribution in [3.8, 4) is 0 Å². The van der Waals surface area contributed by atoms with E-state index in [1.54, 1.807) is 0 Å². The van der Waals surface area contributed by atoms with Gasteiger partial charge >= 0.3 is 29.6 Å². The Morgan fingerprint density at radius 3 is 1.88 bits per heavy atom. The average Bonchev–Trinajstić information content (AvgIpc) is 1.30. The van der Waals surface area contributed by atoms with Gasteiger partial charge in [-0.05, 0) is 0 Å². The maximum Gasteiger partial charge on any atom is 1.00 e. The van der Waals surface area contributed by atoms with Crippen LogP contribution in [-0.4, -0.2) is 21.8 Å². The Hall–Kier alpha value is 0.870. The van der Waals surface area contributed by atoms with Crippen LogP contribution in [0, 0.1) is 0 Å². The van der Waals surface area contributed by atoms with Crippen molar-refractivity contribution in [1.29, 1.82) is 0 Å². The zero-order valence-corrected chi connectivity index (χ0v) is 7.86. The second-order valence-electron chi connectivity index (χ2n) is 0.939. The maximum atomic E-state index is 9.88. The molecule has 0 fully saturated rings. The molecule has 4 nitrogen and oxygen atoms in total. The Morgan fingerprint density at radius 1 is 1.50 bits per heavy atom. The summed E-state index contributed by atoms with van der Waals surface area (Å²) in [6, 6.07) is 0. The minimum atomic E-state index is -3.40. The largest absolute Gasteiger partial charge is 1.00 e. The quantitative estimate of drug-likeness (QED) is 0.234. The fraction of sp³-hybridized carbons (Fsp3) is 1.00. The first-order valence-electron chi connectivity index (χ1n) is 1.48. The Kier molecular flexibility index (Phi) is 6.87. The van der Waals surface area contributed by atoms with E-state index in [4.69, 9.17) is 0 Å². The second kappa shape index (κ2) is 4.72. The van der Waals surface area contributed by atoms with Crippen LogP contribution in [0.2, 0.25) is 0 Å². The molecule has 0 heterocycles.